The fraction of sp³-hybridized carbons (Fsp3) is 0. The number of aromatic nitrogens is 2. The largest absolute Gasteiger partial charge is 0.477 e. The lowest BCUT2D eigenvalue weighted by Gasteiger charge is -2.01. The van der Waals surface area contributed by atoms with Crippen molar-refractivity contribution in [1.29, 1.82) is 0 Å². The number of aromatic amines is 1. The van der Waals surface area contributed by atoms with Gasteiger partial charge in [0.15, 0.2) is 5.13 Å². The fourth-order valence-electron chi connectivity index (χ4n) is 1.79. The van der Waals surface area contributed by atoms with Crippen LogP contribution in [0.3, 0.4) is 0 Å². The van der Waals surface area contributed by atoms with Crippen molar-refractivity contribution in [3.05, 3.63) is 53.4 Å². The van der Waals surface area contributed by atoms with E-state index in [1.54, 1.807) is 18.3 Å². The van der Waals surface area contributed by atoms with Gasteiger partial charge in [-0.15, -0.1) is 11.3 Å². The predicted octanol–water partition coefficient (Wildman–Crippen LogP) is 3.72. The van der Waals surface area contributed by atoms with E-state index in [4.69, 9.17) is 5.11 Å². The maximum atomic E-state index is 12.8. The Balaban J connectivity index is 1.79. The molecule has 3 rings (SSSR count). The maximum absolute atomic E-state index is 12.8. The summed E-state index contributed by atoms with van der Waals surface area (Å²) in [5.74, 6) is -1.31. The van der Waals surface area contributed by atoms with Gasteiger partial charge in [0.1, 0.15) is 11.5 Å². The Morgan fingerprint density at radius 1 is 1.33 bits per heavy atom. The van der Waals surface area contributed by atoms with Crippen LogP contribution in [0.5, 0.6) is 0 Å². The lowest BCUT2D eigenvalue weighted by molar-refractivity contribution is 0.0691. The molecular formula is C14H10FN3O2S. The third-order valence-corrected chi connectivity index (χ3v) is 3.57. The number of nitrogens with zero attached hydrogens (tertiary/aromatic N) is 1. The molecule has 2 heterocycles. The first-order chi connectivity index (χ1) is 10.1. The molecule has 3 aromatic rings. The number of anilines is 2. The van der Waals surface area contributed by atoms with Crippen LogP contribution in [-0.4, -0.2) is 21.0 Å². The van der Waals surface area contributed by atoms with E-state index in [2.05, 4.69) is 15.3 Å². The third-order valence-electron chi connectivity index (χ3n) is 2.81. The first-order valence-corrected chi connectivity index (χ1v) is 6.90. The number of carboxylic acids is 1. The molecular weight excluding hydrogens is 293 g/mol. The van der Waals surface area contributed by atoms with Crippen molar-refractivity contribution in [3.63, 3.8) is 0 Å². The van der Waals surface area contributed by atoms with Crippen LogP contribution in [0.25, 0.3) is 11.3 Å². The molecule has 21 heavy (non-hydrogen) atoms. The first kappa shape index (κ1) is 13.3. The molecule has 0 amide bonds. The minimum absolute atomic E-state index is 0.117. The van der Waals surface area contributed by atoms with Gasteiger partial charge in [-0.1, -0.05) is 0 Å². The molecule has 0 radical (unpaired) electrons. The number of thiazole rings is 1. The van der Waals surface area contributed by atoms with E-state index in [1.807, 2.05) is 5.38 Å². The van der Waals surface area contributed by atoms with Gasteiger partial charge in [-0.2, -0.15) is 0 Å². The van der Waals surface area contributed by atoms with E-state index < -0.39 is 5.97 Å². The molecule has 2 aromatic heterocycles. The second-order valence-electron chi connectivity index (χ2n) is 4.28. The standard InChI is InChI=1S/C14H10FN3O2S/c15-9-1-3-10(4-2-9)17-14-18-12(7-21-14)8-5-11(13(19)20)16-6-8/h1-7,16H,(H,17,18)(H,19,20). The molecule has 1 aromatic carbocycles. The SMILES string of the molecule is O=C(O)c1cc(-c2csc(Nc3ccc(F)cc3)n2)c[nH]1. The summed E-state index contributed by atoms with van der Waals surface area (Å²) in [6.45, 7) is 0. The van der Waals surface area contributed by atoms with Crippen molar-refractivity contribution < 1.29 is 14.3 Å². The van der Waals surface area contributed by atoms with Crippen molar-refractivity contribution in [2.24, 2.45) is 0 Å². The topological polar surface area (TPSA) is 78.0 Å². The zero-order valence-electron chi connectivity index (χ0n) is 10.6. The highest BCUT2D eigenvalue weighted by atomic mass is 32.1. The summed E-state index contributed by atoms with van der Waals surface area (Å²) in [5.41, 5.74) is 2.23. The van der Waals surface area contributed by atoms with Gasteiger partial charge in [-0.05, 0) is 30.3 Å². The molecule has 0 unspecified atom stereocenters. The molecule has 106 valence electrons. The Bertz CT molecular complexity index is 780. The van der Waals surface area contributed by atoms with Crippen LogP contribution in [0.15, 0.2) is 41.9 Å². The monoisotopic (exact) mass is 303 g/mol. The van der Waals surface area contributed by atoms with Crippen LogP contribution in [0.1, 0.15) is 10.5 Å². The average Bonchev–Trinajstić information content (AvgIpc) is 3.10. The minimum Gasteiger partial charge on any atom is -0.477 e. The number of carbonyl (C=O) groups is 1. The van der Waals surface area contributed by atoms with Crippen LogP contribution in [-0.2, 0) is 0 Å². The predicted molar refractivity (Wildman–Crippen MR) is 78.5 cm³/mol. The van der Waals surface area contributed by atoms with Crippen LogP contribution in [0, 0.1) is 5.82 Å². The van der Waals surface area contributed by atoms with Crippen LogP contribution >= 0.6 is 11.3 Å². The lowest BCUT2D eigenvalue weighted by atomic mass is 10.2. The summed E-state index contributed by atoms with van der Waals surface area (Å²) >= 11 is 1.38. The number of H-pyrrole nitrogens is 1. The molecule has 0 saturated carbocycles. The van der Waals surface area contributed by atoms with Crippen LogP contribution in [0.2, 0.25) is 0 Å². The summed E-state index contributed by atoms with van der Waals surface area (Å²) < 4.78 is 12.8. The Labute approximate surface area is 123 Å². The van der Waals surface area contributed by atoms with Crippen LogP contribution in [0.4, 0.5) is 15.2 Å². The van der Waals surface area contributed by atoms with Gasteiger partial charge < -0.3 is 15.4 Å². The van der Waals surface area contributed by atoms with Crippen molar-refractivity contribution in [2.45, 2.75) is 0 Å². The lowest BCUT2D eigenvalue weighted by Crippen LogP contribution is -1.94. The van der Waals surface area contributed by atoms with Crippen molar-refractivity contribution in [3.8, 4) is 11.3 Å². The van der Waals surface area contributed by atoms with Gasteiger partial charge in [0.05, 0.1) is 5.69 Å². The second kappa shape index (κ2) is 5.37. The maximum Gasteiger partial charge on any atom is 0.352 e. The summed E-state index contributed by atoms with van der Waals surface area (Å²) in [7, 11) is 0. The molecule has 0 aliphatic carbocycles. The number of hydrogen-bond acceptors (Lipinski definition) is 4. The van der Waals surface area contributed by atoms with Gasteiger partial charge >= 0.3 is 5.97 Å². The zero-order valence-corrected chi connectivity index (χ0v) is 11.4. The molecule has 0 fully saturated rings. The van der Waals surface area contributed by atoms with E-state index in [0.717, 1.165) is 5.69 Å². The zero-order chi connectivity index (χ0) is 14.8. The number of benzene rings is 1. The summed E-state index contributed by atoms with van der Waals surface area (Å²) in [6.07, 6.45) is 1.60. The van der Waals surface area contributed by atoms with E-state index in [0.29, 0.717) is 16.4 Å². The Morgan fingerprint density at radius 2 is 2.10 bits per heavy atom. The van der Waals surface area contributed by atoms with Gasteiger partial charge in [0.2, 0.25) is 0 Å². The summed E-state index contributed by atoms with van der Waals surface area (Å²) in [6, 6.07) is 7.49. The van der Waals surface area contributed by atoms with Crippen molar-refractivity contribution in [2.75, 3.05) is 5.32 Å². The molecule has 0 spiro atoms. The highest BCUT2D eigenvalue weighted by Crippen LogP contribution is 2.27. The molecule has 0 atom stereocenters. The van der Waals surface area contributed by atoms with Gasteiger partial charge in [0, 0.05) is 22.8 Å². The molecule has 5 nitrogen and oxygen atoms in total. The van der Waals surface area contributed by atoms with Gasteiger partial charge in [-0.3, -0.25) is 0 Å². The Kier molecular flexibility index (Phi) is 3.41. The Morgan fingerprint density at radius 3 is 2.76 bits per heavy atom. The number of aromatic carboxylic acids is 1. The Hall–Kier alpha value is -2.67. The van der Waals surface area contributed by atoms with E-state index in [9.17, 15) is 9.18 Å². The third kappa shape index (κ3) is 2.92. The molecule has 3 N–H and O–H groups in total. The van der Waals surface area contributed by atoms with Crippen molar-refractivity contribution in [1.82, 2.24) is 9.97 Å². The molecule has 0 aliphatic rings. The number of hydrogen-bond donors (Lipinski definition) is 3. The number of carboxylic acid groups (broad SMARTS) is 1. The number of halogens is 1. The molecule has 0 saturated heterocycles. The fourth-order valence-corrected chi connectivity index (χ4v) is 2.53. The van der Waals surface area contributed by atoms with E-state index in [1.165, 1.54) is 29.5 Å². The smallest absolute Gasteiger partial charge is 0.352 e. The summed E-state index contributed by atoms with van der Waals surface area (Å²) in [4.78, 5) is 17.9. The minimum atomic E-state index is -1.01. The quantitative estimate of drug-likeness (QED) is 0.686. The second-order valence-corrected chi connectivity index (χ2v) is 5.14. The first-order valence-electron chi connectivity index (χ1n) is 6.02. The van der Waals surface area contributed by atoms with Crippen molar-refractivity contribution >= 4 is 28.1 Å². The van der Waals surface area contributed by atoms with Crippen LogP contribution < -0.4 is 5.32 Å². The molecule has 7 heteroatoms. The highest BCUT2D eigenvalue weighted by molar-refractivity contribution is 7.14. The van der Waals surface area contributed by atoms with Gasteiger partial charge in [0.25, 0.3) is 0 Å². The summed E-state index contributed by atoms with van der Waals surface area (Å²) in [5, 5.41) is 14.4. The van der Waals surface area contributed by atoms with E-state index in [-0.39, 0.29) is 11.5 Å². The van der Waals surface area contributed by atoms with E-state index >= 15 is 0 Å². The molecule has 0 bridgehead atoms. The highest BCUT2D eigenvalue weighted by Gasteiger charge is 2.10. The normalized spacial score (nSPS) is 10.5. The van der Waals surface area contributed by atoms with Gasteiger partial charge in [-0.25, -0.2) is 14.2 Å². The average molecular weight is 303 g/mol. The number of rotatable bonds is 4. The number of nitrogens with one attached hydrogen (secondary N) is 2. The molecule has 0 aliphatic heterocycles.